The van der Waals surface area contributed by atoms with Crippen LogP contribution in [0.25, 0.3) is 0 Å². The zero-order chi connectivity index (χ0) is 11.5. The van der Waals surface area contributed by atoms with E-state index in [0.29, 0.717) is 6.04 Å². The summed E-state index contributed by atoms with van der Waals surface area (Å²) in [6.45, 7) is 2.25. The molecule has 2 rings (SSSR count). The fourth-order valence-corrected chi connectivity index (χ4v) is 2.07. The van der Waals surface area contributed by atoms with Gasteiger partial charge in [0.25, 0.3) is 0 Å². The van der Waals surface area contributed by atoms with E-state index in [9.17, 15) is 0 Å². The molecule has 1 aliphatic carbocycles. The van der Waals surface area contributed by atoms with Gasteiger partial charge in [0.05, 0.1) is 17.6 Å². The van der Waals surface area contributed by atoms with Crippen molar-refractivity contribution >= 4 is 11.4 Å². The SMILES string of the molecule is CC(CC1CC1)Nc1cnccc1N(C)C. The summed E-state index contributed by atoms with van der Waals surface area (Å²) in [6.07, 6.45) is 7.87. The van der Waals surface area contributed by atoms with Crippen molar-refractivity contribution in [1.82, 2.24) is 4.98 Å². The largest absolute Gasteiger partial charge is 0.380 e. The number of aromatic nitrogens is 1. The Bertz CT molecular complexity index is 345. The Kier molecular flexibility index (Phi) is 3.32. The first kappa shape index (κ1) is 11.2. The number of nitrogens with zero attached hydrogens (tertiary/aromatic N) is 2. The molecule has 1 N–H and O–H groups in total. The lowest BCUT2D eigenvalue weighted by Gasteiger charge is -2.21. The molecule has 1 atom stereocenters. The molecule has 16 heavy (non-hydrogen) atoms. The van der Waals surface area contributed by atoms with Gasteiger partial charge in [-0.05, 0) is 25.3 Å². The number of hydrogen-bond donors (Lipinski definition) is 1. The minimum atomic E-state index is 0.537. The highest BCUT2D eigenvalue weighted by atomic mass is 15.1. The molecular weight excluding hydrogens is 198 g/mol. The average Bonchev–Trinajstić information content (AvgIpc) is 3.02. The Morgan fingerprint density at radius 1 is 1.50 bits per heavy atom. The smallest absolute Gasteiger partial charge is 0.0766 e. The van der Waals surface area contributed by atoms with Crippen molar-refractivity contribution in [3.63, 3.8) is 0 Å². The molecule has 0 spiro atoms. The number of pyridine rings is 1. The first-order chi connectivity index (χ1) is 7.66. The first-order valence-corrected chi connectivity index (χ1v) is 6.04. The second kappa shape index (κ2) is 4.73. The van der Waals surface area contributed by atoms with Crippen molar-refractivity contribution in [2.45, 2.75) is 32.2 Å². The van der Waals surface area contributed by atoms with Crippen LogP contribution >= 0.6 is 0 Å². The Balaban J connectivity index is 2.01. The number of anilines is 2. The lowest BCUT2D eigenvalue weighted by Crippen LogP contribution is -2.19. The molecule has 1 saturated carbocycles. The second-order valence-electron chi connectivity index (χ2n) is 5.01. The van der Waals surface area contributed by atoms with E-state index in [0.717, 1.165) is 11.6 Å². The van der Waals surface area contributed by atoms with Crippen LogP contribution in [0.5, 0.6) is 0 Å². The van der Waals surface area contributed by atoms with Gasteiger partial charge >= 0.3 is 0 Å². The predicted octanol–water partition coefficient (Wildman–Crippen LogP) is 2.75. The Hall–Kier alpha value is -1.25. The quantitative estimate of drug-likeness (QED) is 0.825. The predicted molar refractivity (Wildman–Crippen MR) is 69.0 cm³/mol. The fraction of sp³-hybridized carbons (Fsp3) is 0.615. The van der Waals surface area contributed by atoms with Gasteiger partial charge in [-0.15, -0.1) is 0 Å². The van der Waals surface area contributed by atoms with Crippen LogP contribution in [0.2, 0.25) is 0 Å². The molecule has 1 fully saturated rings. The summed E-state index contributed by atoms with van der Waals surface area (Å²) in [4.78, 5) is 6.31. The fourth-order valence-electron chi connectivity index (χ4n) is 2.07. The molecule has 1 aromatic heterocycles. The van der Waals surface area contributed by atoms with Crippen LogP contribution < -0.4 is 10.2 Å². The van der Waals surface area contributed by atoms with Crippen LogP contribution in [0.1, 0.15) is 26.2 Å². The standard InChI is InChI=1S/C13H21N3/c1-10(8-11-4-5-11)15-12-9-14-7-6-13(12)16(2)3/h6-7,9-11,15H,4-5,8H2,1-3H3. The molecule has 3 nitrogen and oxygen atoms in total. The molecule has 0 saturated heterocycles. The molecule has 1 aliphatic rings. The maximum Gasteiger partial charge on any atom is 0.0766 e. The monoisotopic (exact) mass is 219 g/mol. The van der Waals surface area contributed by atoms with Gasteiger partial charge in [-0.2, -0.15) is 0 Å². The van der Waals surface area contributed by atoms with Crippen LogP contribution in [0.3, 0.4) is 0 Å². The summed E-state index contributed by atoms with van der Waals surface area (Å²) >= 11 is 0. The van der Waals surface area contributed by atoms with Crippen molar-refractivity contribution in [1.29, 1.82) is 0 Å². The lowest BCUT2D eigenvalue weighted by atomic mass is 10.1. The molecule has 1 unspecified atom stereocenters. The summed E-state index contributed by atoms with van der Waals surface area (Å²) in [6, 6.07) is 2.59. The van der Waals surface area contributed by atoms with Crippen molar-refractivity contribution in [3.05, 3.63) is 18.5 Å². The van der Waals surface area contributed by atoms with E-state index in [1.165, 1.54) is 24.9 Å². The maximum absolute atomic E-state index is 4.19. The number of rotatable bonds is 5. The summed E-state index contributed by atoms with van der Waals surface area (Å²) < 4.78 is 0. The van der Waals surface area contributed by atoms with Gasteiger partial charge in [0.1, 0.15) is 0 Å². The van der Waals surface area contributed by atoms with Gasteiger partial charge in [-0.3, -0.25) is 4.98 Å². The molecule has 1 aromatic rings. The lowest BCUT2D eigenvalue weighted by molar-refractivity contribution is 0.642. The molecule has 0 aliphatic heterocycles. The molecule has 0 amide bonds. The van der Waals surface area contributed by atoms with Gasteiger partial charge in [-0.1, -0.05) is 12.8 Å². The molecular formula is C13H21N3. The summed E-state index contributed by atoms with van der Waals surface area (Å²) in [5, 5.41) is 3.56. The van der Waals surface area contributed by atoms with E-state index in [2.05, 4.69) is 36.2 Å². The normalized spacial score (nSPS) is 16.9. The third kappa shape index (κ3) is 2.87. The third-order valence-corrected chi connectivity index (χ3v) is 3.07. The number of hydrogen-bond acceptors (Lipinski definition) is 3. The first-order valence-electron chi connectivity index (χ1n) is 6.04. The minimum Gasteiger partial charge on any atom is -0.380 e. The second-order valence-corrected chi connectivity index (χ2v) is 5.01. The number of nitrogens with one attached hydrogen (secondary N) is 1. The van der Waals surface area contributed by atoms with Gasteiger partial charge in [-0.25, -0.2) is 0 Å². The van der Waals surface area contributed by atoms with E-state index in [1.807, 2.05) is 18.5 Å². The topological polar surface area (TPSA) is 28.2 Å². The van der Waals surface area contributed by atoms with Crippen molar-refractivity contribution in [2.75, 3.05) is 24.3 Å². The third-order valence-electron chi connectivity index (χ3n) is 3.07. The maximum atomic E-state index is 4.19. The zero-order valence-electron chi connectivity index (χ0n) is 10.4. The van der Waals surface area contributed by atoms with Crippen LogP contribution in [-0.4, -0.2) is 25.1 Å². The molecule has 3 heteroatoms. The highest BCUT2D eigenvalue weighted by molar-refractivity contribution is 5.68. The van der Waals surface area contributed by atoms with E-state index >= 15 is 0 Å². The van der Waals surface area contributed by atoms with Gasteiger partial charge in [0.15, 0.2) is 0 Å². The highest BCUT2D eigenvalue weighted by Gasteiger charge is 2.23. The Morgan fingerprint density at radius 2 is 2.25 bits per heavy atom. The molecule has 0 aromatic carbocycles. The summed E-state index contributed by atoms with van der Waals surface area (Å²) in [5.74, 6) is 0.960. The van der Waals surface area contributed by atoms with Gasteiger partial charge in [0.2, 0.25) is 0 Å². The summed E-state index contributed by atoms with van der Waals surface area (Å²) in [7, 11) is 4.12. The Labute approximate surface area is 97.9 Å². The minimum absolute atomic E-state index is 0.537. The molecule has 0 bridgehead atoms. The van der Waals surface area contributed by atoms with Crippen LogP contribution in [0.15, 0.2) is 18.5 Å². The van der Waals surface area contributed by atoms with Crippen molar-refractivity contribution in [3.8, 4) is 0 Å². The van der Waals surface area contributed by atoms with E-state index in [4.69, 9.17) is 0 Å². The van der Waals surface area contributed by atoms with E-state index < -0.39 is 0 Å². The highest BCUT2D eigenvalue weighted by Crippen LogP contribution is 2.34. The van der Waals surface area contributed by atoms with E-state index in [-0.39, 0.29) is 0 Å². The average molecular weight is 219 g/mol. The van der Waals surface area contributed by atoms with Gasteiger partial charge < -0.3 is 10.2 Å². The van der Waals surface area contributed by atoms with Crippen molar-refractivity contribution in [2.24, 2.45) is 5.92 Å². The molecule has 88 valence electrons. The van der Waals surface area contributed by atoms with Gasteiger partial charge in [0, 0.05) is 26.3 Å². The van der Waals surface area contributed by atoms with Crippen LogP contribution in [0.4, 0.5) is 11.4 Å². The van der Waals surface area contributed by atoms with Crippen LogP contribution in [-0.2, 0) is 0 Å². The zero-order valence-corrected chi connectivity index (χ0v) is 10.4. The summed E-state index contributed by atoms with van der Waals surface area (Å²) in [5.41, 5.74) is 2.35. The van der Waals surface area contributed by atoms with E-state index in [1.54, 1.807) is 0 Å². The van der Waals surface area contributed by atoms with Crippen molar-refractivity contribution < 1.29 is 0 Å². The molecule has 1 heterocycles. The Morgan fingerprint density at radius 3 is 2.88 bits per heavy atom. The van der Waals surface area contributed by atoms with Crippen LogP contribution in [0, 0.1) is 5.92 Å². The molecule has 0 radical (unpaired) electrons.